The van der Waals surface area contributed by atoms with Crippen molar-refractivity contribution in [2.24, 2.45) is 5.41 Å². The summed E-state index contributed by atoms with van der Waals surface area (Å²) in [6, 6.07) is 0.643. The van der Waals surface area contributed by atoms with Crippen LogP contribution < -0.4 is 5.32 Å². The number of nitrogens with zero attached hydrogens (tertiary/aromatic N) is 2. The summed E-state index contributed by atoms with van der Waals surface area (Å²) >= 11 is 0. The van der Waals surface area contributed by atoms with Gasteiger partial charge in [0.15, 0.2) is 0 Å². The standard InChI is InChI=1S/C15H27N3/c1-4-5-10-16-14-17-11-12-18(14)13-6-8-15(2,3)9-7-13/h11-13H,4-10H2,1-3H3,(H,16,17). The Balaban J connectivity index is 1.95. The fourth-order valence-corrected chi connectivity index (χ4v) is 2.78. The van der Waals surface area contributed by atoms with Crippen LogP contribution in [0.2, 0.25) is 0 Å². The third-order valence-electron chi connectivity index (χ3n) is 4.18. The van der Waals surface area contributed by atoms with Gasteiger partial charge in [0.05, 0.1) is 0 Å². The molecule has 0 aliphatic heterocycles. The average molecular weight is 249 g/mol. The molecule has 3 nitrogen and oxygen atoms in total. The first-order chi connectivity index (χ1) is 8.62. The molecular weight excluding hydrogens is 222 g/mol. The van der Waals surface area contributed by atoms with Crippen LogP contribution >= 0.6 is 0 Å². The molecule has 0 aromatic carbocycles. The molecule has 3 heteroatoms. The Hall–Kier alpha value is -0.990. The molecule has 0 radical (unpaired) electrons. The Bertz CT molecular complexity index is 358. The lowest BCUT2D eigenvalue weighted by Gasteiger charge is -2.35. The van der Waals surface area contributed by atoms with Gasteiger partial charge in [-0.1, -0.05) is 27.2 Å². The van der Waals surface area contributed by atoms with E-state index in [1.165, 1.54) is 38.5 Å². The normalized spacial score (nSPS) is 19.9. The third kappa shape index (κ3) is 3.27. The second kappa shape index (κ2) is 5.77. The van der Waals surface area contributed by atoms with Crippen molar-refractivity contribution in [3.05, 3.63) is 12.4 Å². The molecule has 1 fully saturated rings. The molecule has 1 aromatic rings. The zero-order valence-electron chi connectivity index (χ0n) is 12.1. The van der Waals surface area contributed by atoms with Crippen molar-refractivity contribution in [1.82, 2.24) is 9.55 Å². The van der Waals surface area contributed by atoms with Gasteiger partial charge in [-0.2, -0.15) is 0 Å². The average Bonchev–Trinajstić information content (AvgIpc) is 2.78. The van der Waals surface area contributed by atoms with Crippen LogP contribution in [0.4, 0.5) is 5.95 Å². The largest absolute Gasteiger partial charge is 0.356 e. The van der Waals surface area contributed by atoms with Gasteiger partial charge in [-0.3, -0.25) is 0 Å². The van der Waals surface area contributed by atoms with E-state index in [1.54, 1.807) is 0 Å². The Morgan fingerprint density at radius 2 is 2.11 bits per heavy atom. The van der Waals surface area contributed by atoms with E-state index in [0.29, 0.717) is 11.5 Å². The van der Waals surface area contributed by atoms with Crippen LogP contribution in [0, 0.1) is 5.41 Å². The number of hydrogen-bond donors (Lipinski definition) is 1. The van der Waals surface area contributed by atoms with Crippen LogP contribution in [0.3, 0.4) is 0 Å². The van der Waals surface area contributed by atoms with Gasteiger partial charge in [-0.25, -0.2) is 4.98 Å². The van der Waals surface area contributed by atoms with Crippen LogP contribution in [-0.4, -0.2) is 16.1 Å². The van der Waals surface area contributed by atoms with E-state index < -0.39 is 0 Å². The smallest absolute Gasteiger partial charge is 0.203 e. The summed E-state index contributed by atoms with van der Waals surface area (Å²) < 4.78 is 2.35. The highest BCUT2D eigenvalue weighted by Gasteiger charge is 2.28. The van der Waals surface area contributed by atoms with E-state index in [2.05, 4.69) is 41.8 Å². The minimum atomic E-state index is 0.535. The highest BCUT2D eigenvalue weighted by Crippen LogP contribution is 2.40. The molecule has 0 amide bonds. The van der Waals surface area contributed by atoms with Crippen molar-refractivity contribution in [2.75, 3.05) is 11.9 Å². The predicted molar refractivity (Wildman–Crippen MR) is 76.9 cm³/mol. The summed E-state index contributed by atoms with van der Waals surface area (Å²) in [5, 5.41) is 3.46. The molecule has 0 spiro atoms. The molecule has 1 aromatic heterocycles. The molecule has 1 aliphatic carbocycles. The summed E-state index contributed by atoms with van der Waals surface area (Å²) in [7, 11) is 0. The molecule has 0 atom stereocenters. The van der Waals surface area contributed by atoms with Gasteiger partial charge >= 0.3 is 0 Å². The Kier molecular flexibility index (Phi) is 4.31. The first-order valence-corrected chi connectivity index (χ1v) is 7.39. The summed E-state index contributed by atoms with van der Waals surface area (Å²) in [6.07, 6.45) is 11.7. The molecule has 18 heavy (non-hydrogen) atoms. The molecule has 1 saturated carbocycles. The minimum Gasteiger partial charge on any atom is -0.356 e. The van der Waals surface area contributed by atoms with Crippen molar-refractivity contribution in [3.8, 4) is 0 Å². The molecule has 0 unspecified atom stereocenters. The van der Waals surface area contributed by atoms with E-state index >= 15 is 0 Å². The predicted octanol–water partition coefficient (Wildman–Crippen LogP) is 4.24. The van der Waals surface area contributed by atoms with E-state index in [0.717, 1.165) is 12.5 Å². The number of anilines is 1. The number of unbranched alkanes of at least 4 members (excludes halogenated alkanes) is 1. The lowest BCUT2D eigenvalue weighted by molar-refractivity contribution is 0.194. The number of aromatic nitrogens is 2. The fraction of sp³-hybridized carbons (Fsp3) is 0.800. The summed E-state index contributed by atoms with van der Waals surface area (Å²) in [4.78, 5) is 4.45. The monoisotopic (exact) mass is 249 g/mol. The van der Waals surface area contributed by atoms with Crippen LogP contribution in [0.25, 0.3) is 0 Å². The zero-order valence-corrected chi connectivity index (χ0v) is 12.1. The molecular formula is C15H27N3. The maximum Gasteiger partial charge on any atom is 0.203 e. The Labute approximate surface area is 111 Å². The second-order valence-electron chi connectivity index (χ2n) is 6.33. The van der Waals surface area contributed by atoms with Crippen LogP contribution in [0.15, 0.2) is 12.4 Å². The Morgan fingerprint density at radius 1 is 1.39 bits per heavy atom. The minimum absolute atomic E-state index is 0.535. The molecule has 102 valence electrons. The number of imidazole rings is 1. The second-order valence-corrected chi connectivity index (χ2v) is 6.33. The molecule has 1 aliphatic rings. The highest BCUT2D eigenvalue weighted by molar-refractivity contribution is 5.26. The van der Waals surface area contributed by atoms with Crippen molar-refractivity contribution in [2.45, 2.75) is 65.3 Å². The van der Waals surface area contributed by atoms with Crippen molar-refractivity contribution in [3.63, 3.8) is 0 Å². The van der Waals surface area contributed by atoms with Gasteiger partial charge in [-0.05, 0) is 37.5 Å². The van der Waals surface area contributed by atoms with Crippen molar-refractivity contribution < 1.29 is 0 Å². The van der Waals surface area contributed by atoms with E-state index in [4.69, 9.17) is 0 Å². The zero-order chi connectivity index (χ0) is 13.0. The van der Waals surface area contributed by atoms with Crippen LogP contribution in [-0.2, 0) is 0 Å². The molecule has 0 bridgehead atoms. The summed E-state index contributed by atoms with van der Waals surface area (Å²) in [5.41, 5.74) is 0.535. The molecule has 2 rings (SSSR count). The van der Waals surface area contributed by atoms with Gasteiger partial charge in [0.25, 0.3) is 0 Å². The SMILES string of the molecule is CCCCNc1nccn1C1CCC(C)(C)CC1. The van der Waals surface area contributed by atoms with Gasteiger partial charge in [0, 0.05) is 25.0 Å². The molecule has 1 N–H and O–H groups in total. The maximum atomic E-state index is 4.45. The fourth-order valence-electron chi connectivity index (χ4n) is 2.78. The van der Waals surface area contributed by atoms with Crippen LogP contribution in [0.1, 0.15) is 65.3 Å². The summed E-state index contributed by atoms with van der Waals surface area (Å²) in [5.74, 6) is 1.06. The highest BCUT2D eigenvalue weighted by atomic mass is 15.2. The summed E-state index contributed by atoms with van der Waals surface area (Å²) in [6.45, 7) is 8.03. The van der Waals surface area contributed by atoms with Gasteiger partial charge in [0.1, 0.15) is 0 Å². The van der Waals surface area contributed by atoms with E-state index in [-0.39, 0.29) is 0 Å². The van der Waals surface area contributed by atoms with Gasteiger partial charge in [-0.15, -0.1) is 0 Å². The van der Waals surface area contributed by atoms with E-state index in [1.807, 2.05) is 6.20 Å². The lowest BCUT2D eigenvalue weighted by Crippen LogP contribution is -2.24. The Morgan fingerprint density at radius 3 is 2.78 bits per heavy atom. The van der Waals surface area contributed by atoms with Crippen LogP contribution in [0.5, 0.6) is 0 Å². The maximum absolute atomic E-state index is 4.45. The number of hydrogen-bond acceptors (Lipinski definition) is 2. The quantitative estimate of drug-likeness (QED) is 0.791. The topological polar surface area (TPSA) is 29.9 Å². The number of nitrogens with one attached hydrogen (secondary N) is 1. The van der Waals surface area contributed by atoms with Crippen molar-refractivity contribution in [1.29, 1.82) is 0 Å². The number of rotatable bonds is 5. The molecule has 1 heterocycles. The molecule has 0 saturated heterocycles. The van der Waals surface area contributed by atoms with Crippen molar-refractivity contribution >= 4 is 5.95 Å². The first-order valence-electron chi connectivity index (χ1n) is 7.39. The third-order valence-corrected chi connectivity index (χ3v) is 4.18. The lowest BCUT2D eigenvalue weighted by atomic mass is 9.75. The van der Waals surface area contributed by atoms with Gasteiger partial charge < -0.3 is 9.88 Å². The van der Waals surface area contributed by atoms with Gasteiger partial charge in [0.2, 0.25) is 5.95 Å². The first kappa shape index (κ1) is 13.4. The van der Waals surface area contributed by atoms with E-state index in [9.17, 15) is 0 Å².